The lowest BCUT2D eigenvalue weighted by atomic mass is 9.91. The number of nitrogens with zero attached hydrogens (tertiary/aromatic N) is 2. The van der Waals surface area contributed by atoms with Crippen molar-refractivity contribution in [2.75, 3.05) is 0 Å². The van der Waals surface area contributed by atoms with Crippen LogP contribution in [0.25, 0.3) is 21.8 Å². The van der Waals surface area contributed by atoms with Gasteiger partial charge < -0.3 is 9.67 Å². The van der Waals surface area contributed by atoms with Crippen molar-refractivity contribution in [1.82, 2.24) is 4.57 Å². The molecular weight excluding hydrogens is 380 g/mol. The molecule has 0 spiro atoms. The molecule has 158 valence electrons. The lowest BCUT2D eigenvalue weighted by Gasteiger charge is -2.22. The number of aliphatic imine (C=N–C) groups is 1. The first-order chi connectivity index (χ1) is 15.2. The summed E-state index contributed by atoms with van der Waals surface area (Å²) < 4.78 is 2.31. The van der Waals surface area contributed by atoms with Gasteiger partial charge in [-0.1, -0.05) is 44.2 Å². The Balaban J connectivity index is 1.45. The van der Waals surface area contributed by atoms with Gasteiger partial charge in [0.05, 0.1) is 11.8 Å². The molecule has 0 amide bonds. The third kappa shape index (κ3) is 3.79. The fourth-order valence-corrected chi connectivity index (χ4v) is 4.94. The van der Waals surface area contributed by atoms with Crippen LogP contribution < -0.4 is 0 Å². The Morgan fingerprint density at radius 3 is 2.23 bits per heavy atom. The van der Waals surface area contributed by atoms with Crippen molar-refractivity contribution in [2.45, 2.75) is 52.2 Å². The first-order valence-electron chi connectivity index (χ1n) is 11.5. The van der Waals surface area contributed by atoms with Gasteiger partial charge in [0, 0.05) is 40.5 Å². The highest BCUT2D eigenvalue weighted by Crippen LogP contribution is 2.32. The topological polar surface area (TPSA) is 37.5 Å². The summed E-state index contributed by atoms with van der Waals surface area (Å²) in [5, 5.41) is 13.7. The van der Waals surface area contributed by atoms with Crippen LogP contribution in [0.5, 0.6) is 0 Å². The van der Waals surface area contributed by atoms with Crippen molar-refractivity contribution >= 4 is 33.7 Å². The average Bonchev–Trinajstić information content (AvgIpc) is 3.10. The molecule has 3 aromatic carbocycles. The zero-order chi connectivity index (χ0) is 21.4. The Morgan fingerprint density at radius 2 is 1.58 bits per heavy atom. The van der Waals surface area contributed by atoms with Crippen LogP contribution in [0.1, 0.15) is 37.0 Å². The second-order valence-corrected chi connectivity index (χ2v) is 8.78. The Morgan fingerprint density at radius 1 is 0.935 bits per heavy atom. The Kier molecular flexibility index (Phi) is 5.37. The molecule has 5 rings (SSSR count). The fourth-order valence-electron chi connectivity index (χ4n) is 4.94. The minimum atomic E-state index is -0.419. The predicted octanol–water partition coefficient (Wildman–Crippen LogP) is 6.25. The monoisotopic (exact) mass is 410 g/mol. The molecular formula is C28H30N2O. The van der Waals surface area contributed by atoms with E-state index in [-0.39, 0.29) is 5.92 Å². The third-order valence-corrected chi connectivity index (χ3v) is 6.68. The minimum absolute atomic E-state index is 0.274. The number of aryl methyl sites for hydroxylation is 2. The van der Waals surface area contributed by atoms with Gasteiger partial charge in [-0.25, -0.2) is 0 Å². The van der Waals surface area contributed by atoms with Gasteiger partial charge >= 0.3 is 0 Å². The highest BCUT2D eigenvalue weighted by molar-refractivity contribution is 6.08. The van der Waals surface area contributed by atoms with Gasteiger partial charge in [0.1, 0.15) is 0 Å². The quantitative estimate of drug-likeness (QED) is 0.401. The number of hydrogen-bond acceptors (Lipinski definition) is 2. The highest BCUT2D eigenvalue weighted by Gasteiger charge is 2.20. The van der Waals surface area contributed by atoms with Gasteiger partial charge in [0.2, 0.25) is 0 Å². The molecule has 1 N–H and O–H groups in total. The first-order valence-corrected chi connectivity index (χ1v) is 11.5. The van der Waals surface area contributed by atoms with Crippen LogP contribution in [0, 0.1) is 5.92 Å². The van der Waals surface area contributed by atoms with Crippen molar-refractivity contribution < 1.29 is 5.11 Å². The van der Waals surface area contributed by atoms with E-state index in [9.17, 15) is 5.11 Å². The van der Waals surface area contributed by atoms with E-state index in [0.29, 0.717) is 6.54 Å². The number of para-hydroxylation sites is 1. The number of aliphatic hydroxyl groups is 1. The summed E-state index contributed by atoms with van der Waals surface area (Å²) >= 11 is 0. The van der Waals surface area contributed by atoms with Crippen LogP contribution in [-0.2, 0) is 25.8 Å². The Bertz CT molecular complexity index is 1210. The summed E-state index contributed by atoms with van der Waals surface area (Å²) in [6.07, 6.45) is 5.33. The largest absolute Gasteiger partial charge is 0.391 e. The van der Waals surface area contributed by atoms with E-state index >= 15 is 0 Å². The van der Waals surface area contributed by atoms with Crippen LogP contribution in [0.15, 0.2) is 65.7 Å². The molecule has 1 aliphatic heterocycles. The van der Waals surface area contributed by atoms with Gasteiger partial charge in [-0.3, -0.25) is 4.99 Å². The maximum absolute atomic E-state index is 11.1. The molecule has 0 saturated heterocycles. The van der Waals surface area contributed by atoms with E-state index in [2.05, 4.69) is 78.0 Å². The molecule has 2 atom stereocenters. The average molecular weight is 411 g/mol. The van der Waals surface area contributed by atoms with E-state index in [4.69, 9.17) is 0 Å². The zero-order valence-corrected chi connectivity index (χ0v) is 18.4. The SMILES string of the molecule is CCc1ccc2c(c1)c1cc(CC)ccc1n2CC(O)CC1C=Nc2ccccc2C1. The number of benzene rings is 3. The summed E-state index contributed by atoms with van der Waals surface area (Å²) in [6, 6.07) is 21.8. The number of aromatic nitrogens is 1. The molecule has 2 unspecified atom stereocenters. The second kappa shape index (κ2) is 8.32. The molecule has 4 aromatic rings. The van der Waals surface area contributed by atoms with Gasteiger partial charge in [-0.15, -0.1) is 0 Å². The van der Waals surface area contributed by atoms with Gasteiger partial charge in [-0.05, 0) is 72.7 Å². The molecule has 0 saturated carbocycles. The maximum Gasteiger partial charge on any atom is 0.0725 e. The van der Waals surface area contributed by atoms with E-state index in [1.54, 1.807) is 0 Å². The molecule has 0 aliphatic carbocycles. The fraction of sp³-hybridized carbons (Fsp3) is 0.321. The van der Waals surface area contributed by atoms with E-state index < -0.39 is 6.10 Å². The van der Waals surface area contributed by atoms with Crippen molar-refractivity contribution in [3.05, 3.63) is 77.4 Å². The molecule has 0 bridgehead atoms. The van der Waals surface area contributed by atoms with Crippen LogP contribution in [-0.4, -0.2) is 22.0 Å². The molecule has 2 heterocycles. The zero-order valence-electron chi connectivity index (χ0n) is 18.4. The second-order valence-electron chi connectivity index (χ2n) is 8.78. The molecule has 31 heavy (non-hydrogen) atoms. The minimum Gasteiger partial charge on any atom is -0.391 e. The maximum atomic E-state index is 11.1. The first kappa shape index (κ1) is 20.0. The lowest BCUT2D eigenvalue weighted by Crippen LogP contribution is -2.22. The molecule has 1 aromatic heterocycles. The van der Waals surface area contributed by atoms with Gasteiger partial charge in [-0.2, -0.15) is 0 Å². The number of hydrogen-bond donors (Lipinski definition) is 1. The van der Waals surface area contributed by atoms with Crippen LogP contribution in [0.4, 0.5) is 5.69 Å². The highest BCUT2D eigenvalue weighted by atomic mass is 16.3. The van der Waals surface area contributed by atoms with Crippen LogP contribution in [0.3, 0.4) is 0 Å². The van der Waals surface area contributed by atoms with Crippen molar-refractivity contribution in [2.24, 2.45) is 10.9 Å². The normalized spacial score (nSPS) is 16.7. The summed E-state index contributed by atoms with van der Waals surface area (Å²) in [5.74, 6) is 0.274. The van der Waals surface area contributed by atoms with Gasteiger partial charge in [0.25, 0.3) is 0 Å². The molecule has 0 radical (unpaired) electrons. The molecule has 3 heteroatoms. The number of fused-ring (bicyclic) bond motifs is 4. The summed E-state index contributed by atoms with van der Waals surface area (Å²) in [7, 11) is 0. The summed E-state index contributed by atoms with van der Waals surface area (Å²) in [4.78, 5) is 4.62. The third-order valence-electron chi connectivity index (χ3n) is 6.68. The Labute approximate surface area is 184 Å². The number of rotatable bonds is 6. The van der Waals surface area contributed by atoms with E-state index in [1.165, 1.54) is 38.5 Å². The van der Waals surface area contributed by atoms with Crippen LogP contribution in [0.2, 0.25) is 0 Å². The van der Waals surface area contributed by atoms with Crippen molar-refractivity contribution in [3.8, 4) is 0 Å². The van der Waals surface area contributed by atoms with Crippen LogP contribution >= 0.6 is 0 Å². The number of aliphatic hydroxyl groups excluding tert-OH is 1. The standard InChI is InChI=1S/C28H30N2O/c1-3-19-9-11-27-24(15-19)25-16-20(4-2)10-12-28(25)30(27)18-23(31)14-21-13-22-7-5-6-8-26(22)29-17-21/h5-12,15-17,21,23,31H,3-4,13-14,18H2,1-2H3. The molecule has 0 fully saturated rings. The predicted molar refractivity (Wildman–Crippen MR) is 131 cm³/mol. The Hall–Kier alpha value is -2.91. The van der Waals surface area contributed by atoms with E-state index in [1.807, 2.05) is 12.3 Å². The summed E-state index contributed by atoms with van der Waals surface area (Å²) in [5.41, 5.74) is 7.47. The van der Waals surface area contributed by atoms with Crippen molar-refractivity contribution in [1.29, 1.82) is 0 Å². The summed E-state index contributed by atoms with van der Waals surface area (Å²) in [6.45, 7) is 5.00. The molecule has 3 nitrogen and oxygen atoms in total. The lowest BCUT2D eigenvalue weighted by molar-refractivity contribution is 0.137. The van der Waals surface area contributed by atoms with Gasteiger partial charge in [0.15, 0.2) is 0 Å². The van der Waals surface area contributed by atoms with E-state index in [0.717, 1.165) is 31.4 Å². The smallest absolute Gasteiger partial charge is 0.0725 e. The van der Waals surface area contributed by atoms with Crippen molar-refractivity contribution in [3.63, 3.8) is 0 Å². The molecule has 1 aliphatic rings.